The minimum absolute atomic E-state index is 0. The second-order valence-corrected chi connectivity index (χ2v) is 8.86. The normalized spacial score (nSPS) is 16.1. The van der Waals surface area contributed by atoms with Crippen molar-refractivity contribution in [3.05, 3.63) is 72.4 Å². The van der Waals surface area contributed by atoms with Gasteiger partial charge in [-0.25, -0.2) is 15.0 Å². The van der Waals surface area contributed by atoms with Gasteiger partial charge in [-0.2, -0.15) is 0 Å². The highest BCUT2D eigenvalue weighted by molar-refractivity contribution is 14.0. The van der Waals surface area contributed by atoms with Crippen LogP contribution in [-0.2, 0) is 6.54 Å². The molecule has 0 amide bonds. The van der Waals surface area contributed by atoms with Crippen molar-refractivity contribution in [2.75, 3.05) is 25.4 Å². The van der Waals surface area contributed by atoms with E-state index in [1.165, 1.54) is 11.3 Å². The van der Waals surface area contributed by atoms with Crippen LogP contribution in [0.2, 0.25) is 0 Å². The van der Waals surface area contributed by atoms with Gasteiger partial charge < -0.3 is 10.2 Å². The van der Waals surface area contributed by atoms with Crippen molar-refractivity contribution in [3.8, 4) is 5.82 Å². The maximum absolute atomic E-state index is 4.89. The number of thioether (sulfide) groups is 1. The largest absolute Gasteiger partial charge is 0.357 e. The Morgan fingerprint density at radius 2 is 2.03 bits per heavy atom. The molecule has 1 fully saturated rings. The molecule has 170 valence electrons. The fourth-order valence-corrected chi connectivity index (χ4v) is 4.81. The lowest BCUT2D eigenvalue weighted by atomic mass is 10.2. The molecule has 8 heteroatoms. The maximum atomic E-state index is 4.89. The summed E-state index contributed by atoms with van der Waals surface area (Å²) in [6.45, 7) is 7.71. The first-order valence-corrected chi connectivity index (χ1v) is 11.9. The zero-order chi connectivity index (χ0) is 21.5. The van der Waals surface area contributed by atoms with Gasteiger partial charge in [0.2, 0.25) is 0 Å². The number of aliphatic imine (C=N–C) groups is 1. The molecule has 2 aromatic heterocycles. The monoisotopic (exact) mass is 562 g/mol. The molecule has 4 rings (SSSR count). The van der Waals surface area contributed by atoms with E-state index < -0.39 is 0 Å². The molecule has 1 aromatic carbocycles. The van der Waals surface area contributed by atoms with E-state index in [-0.39, 0.29) is 24.0 Å². The van der Waals surface area contributed by atoms with Crippen LogP contribution in [0.25, 0.3) is 5.82 Å². The molecular weight excluding hydrogens is 531 g/mol. The van der Waals surface area contributed by atoms with Crippen LogP contribution in [0.1, 0.15) is 24.7 Å². The Bertz CT molecular complexity index is 989. The molecule has 1 saturated heterocycles. The zero-order valence-electron chi connectivity index (χ0n) is 18.6. The van der Waals surface area contributed by atoms with Crippen molar-refractivity contribution < 1.29 is 0 Å². The summed E-state index contributed by atoms with van der Waals surface area (Å²) in [4.78, 5) is 17.5. The zero-order valence-corrected chi connectivity index (χ0v) is 21.8. The molecule has 3 heterocycles. The molecular formula is C24H31IN6S. The first-order chi connectivity index (χ1) is 15.2. The van der Waals surface area contributed by atoms with Crippen LogP contribution in [-0.4, -0.2) is 50.8 Å². The van der Waals surface area contributed by atoms with Crippen molar-refractivity contribution in [1.29, 1.82) is 0 Å². The van der Waals surface area contributed by atoms with Crippen LogP contribution in [0.3, 0.4) is 0 Å². The van der Waals surface area contributed by atoms with E-state index in [1.807, 2.05) is 41.7 Å². The number of imidazole rings is 1. The predicted octanol–water partition coefficient (Wildman–Crippen LogP) is 4.77. The number of pyridine rings is 1. The number of aryl methyl sites for hydroxylation is 1. The number of rotatable bonds is 7. The van der Waals surface area contributed by atoms with Gasteiger partial charge >= 0.3 is 0 Å². The van der Waals surface area contributed by atoms with Gasteiger partial charge in [0.25, 0.3) is 0 Å². The summed E-state index contributed by atoms with van der Waals surface area (Å²) in [5, 5.41) is 3.47. The minimum Gasteiger partial charge on any atom is -0.357 e. The second kappa shape index (κ2) is 12.2. The molecule has 1 N–H and O–H groups in total. The number of halogens is 1. The second-order valence-electron chi connectivity index (χ2n) is 7.76. The van der Waals surface area contributed by atoms with Gasteiger partial charge in [0.1, 0.15) is 11.6 Å². The van der Waals surface area contributed by atoms with Crippen LogP contribution in [0, 0.1) is 12.8 Å². The topological polar surface area (TPSA) is 58.3 Å². The molecule has 32 heavy (non-hydrogen) atoms. The Hall–Kier alpha value is -2.07. The molecule has 1 atom stereocenters. The molecule has 0 aliphatic carbocycles. The van der Waals surface area contributed by atoms with Crippen molar-refractivity contribution in [1.82, 2.24) is 24.8 Å². The summed E-state index contributed by atoms with van der Waals surface area (Å²) in [5.74, 6) is 4.66. The van der Waals surface area contributed by atoms with Crippen molar-refractivity contribution in [2.24, 2.45) is 10.9 Å². The third-order valence-corrected chi connectivity index (χ3v) is 6.69. The SMILES string of the molecule is CCNC(=NCc1ccc(-n2ccnc2C)nc1)N1CCC(CSc2ccccc2)C1.I. The summed E-state index contributed by atoms with van der Waals surface area (Å²) in [5.41, 5.74) is 1.10. The van der Waals surface area contributed by atoms with Gasteiger partial charge in [-0.3, -0.25) is 4.57 Å². The number of guanidine groups is 1. The minimum atomic E-state index is 0. The fraction of sp³-hybridized carbons (Fsp3) is 0.375. The quantitative estimate of drug-likeness (QED) is 0.195. The predicted molar refractivity (Wildman–Crippen MR) is 143 cm³/mol. The lowest BCUT2D eigenvalue weighted by Crippen LogP contribution is -2.40. The molecule has 6 nitrogen and oxygen atoms in total. The third-order valence-electron chi connectivity index (χ3n) is 5.44. The average molecular weight is 563 g/mol. The van der Waals surface area contributed by atoms with Gasteiger partial charge in [-0.15, -0.1) is 35.7 Å². The van der Waals surface area contributed by atoms with E-state index in [9.17, 15) is 0 Å². The third kappa shape index (κ3) is 6.48. The number of nitrogens with zero attached hydrogens (tertiary/aromatic N) is 5. The van der Waals surface area contributed by atoms with Crippen LogP contribution >= 0.6 is 35.7 Å². The van der Waals surface area contributed by atoms with Gasteiger partial charge in [0.15, 0.2) is 5.96 Å². The number of likely N-dealkylation sites (tertiary alicyclic amines) is 1. The maximum Gasteiger partial charge on any atom is 0.194 e. The van der Waals surface area contributed by atoms with E-state index >= 15 is 0 Å². The molecule has 1 aliphatic rings. The Kier molecular flexibility index (Phi) is 9.40. The molecule has 0 bridgehead atoms. The lowest BCUT2D eigenvalue weighted by molar-refractivity contribution is 0.474. The Labute approximate surface area is 212 Å². The van der Waals surface area contributed by atoms with Crippen molar-refractivity contribution >= 4 is 41.7 Å². The van der Waals surface area contributed by atoms with Crippen LogP contribution in [0.4, 0.5) is 0 Å². The standard InChI is InChI=1S/C24H30N6S.HI/c1-3-25-24(29-13-11-21(17-29)18-31-22-7-5-4-6-8-22)28-16-20-9-10-23(27-15-20)30-14-12-26-19(30)2;/h4-10,12,14-15,21H,3,11,13,16-18H2,1-2H3,(H,25,28);1H. The Balaban J connectivity index is 0.00000289. The highest BCUT2D eigenvalue weighted by Gasteiger charge is 2.24. The summed E-state index contributed by atoms with van der Waals surface area (Å²) in [6, 6.07) is 14.8. The van der Waals surface area contributed by atoms with E-state index in [0.29, 0.717) is 12.5 Å². The molecule has 1 aliphatic heterocycles. The van der Waals surface area contributed by atoms with Crippen molar-refractivity contribution in [3.63, 3.8) is 0 Å². The number of hydrogen-bond donors (Lipinski definition) is 1. The summed E-state index contributed by atoms with van der Waals surface area (Å²) < 4.78 is 1.98. The highest BCUT2D eigenvalue weighted by atomic mass is 127. The van der Waals surface area contributed by atoms with Crippen LogP contribution in [0.5, 0.6) is 0 Å². The summed E-state index contributed by atoms with van der Waals surface area (Å²) in [6.07, 6.45) is 6.84. The lowest BCUT2D eigenvalue weighted by Gasteiger charge is -2.21. The highest BCUT2D eigenvalue weighted by Crippen LogP contribution is 2.26. The molecule has 3 aromatic rings. The van der Waals surface area contributed by atoms with Crippen LogP contribution in [0.15, 0.2) is 70.9 Å². The Morgan fingerprint density at radius 3 is 2.72 bits per heavy atom. The number of nitrogens with one attached hydrogen (secondary N) is 1. The van der Waals surface area contributed by atoms with Crippen molar-refractivity contribution in [2.45, 2.75) is 31.7 Å². The number of benzene rings is 1. The molecule has 0 spiro atoms. The molecule has 0 radical (unpaired) electrons. The first kappa shape index (κ1) is 24.6. The summed E-state index contributed by atoms with van der Waals surface area (Å²) in [7, 11) is 0. The van der Waals surface area contributed by atoms with Gasteiger partial charge in [0, 0.05) is 48.9 Å². The van der Waals surface area contributed by atoms with E-state index in [1.54, 1.807) is 6.20 Å². The number of hydrogen-bond acceptors (Lipinski definition) is 4. The van der Waals surface area contributed by atoms with Gasteiger partial charge in [-0.1, -0.05) is 24.3 Å². The smallest absolute Gasteiger partial charge is 0.194 e. The van der Waals surface area contributed by atoms with Gasteiger partial charge in [0.05, 0.1) is 6.54 Å². The van der Waals surface area contributed by atoms with E-state index in [0.717, 1.165) is 48.6 Å². The average Bonchev–Trinajstić information content (AvgIpc) is 3.45. The van der Waals surface area contributed by atoms with Gasteiger partial charge in [-0.05, 0) is 49.9 Å². The molecule has 1 unspecified atom stereocenters. The Morgan fingerprint density at radius 1 is 1.19 bits per heavy atom. The van der Waals surface area contributed by atoms with E-state index in [2.05, 4.69) is 63.5 Å². The summed E-state index contributed by atoms with van der Waals surface area (Å²) >= 11 is 1.95. The van der Waals surface area contributed by atoms with Crippen LogP contribution < -0.4 is 5.32 Å². The first-order valence-electron chi connectivity index (χ1n) is 10.9. The fourth-order valence-electron chi connectivity index (χ4n) is 3.76. The van der Waals surface area contributed by atoms with E-state index in [4.69, 9.17) is 4.99 Å². The number of aromatic nitrogens is 3. The molecule has 0 saturated carbocycles.